The Hall–Kier alpha value is -3.99. The maximum atomic E-state index is 12.8. The number of fused-ring (bicyclic) bond motifs is 1. The Labute approximate surface area is 198 Å². The first-order valence-electron chi connectivity index (χ1n) is 10.5. The van der Waals surface area contributed by atoms with E-state index in [1.165, 1.54) is 30.4 Å². The van der Waals surface area contributed by atoms with Crippen molar-refractivity contribution in [2.45, 2.75) is 25.9 Å². The molecule has 4 rings (SSSR count). The Morgan fingerprint density at radius 2 is 1.74 bits per heavy atom. The number of rotatable bonds is 7. The van der Waals surface area contributed by atoms with Gasteiger partial charge in [0.15, 0.2) is 0 Å². The molecule has 4 amide bonds. The maximum Gasteiger partial charge on any atom is 0.338 e. The normalized spacial score (nSPS) is 18.2. The van der Waals surface area contributed by atoms with Gasteiger partial charge in [0.2, 0.25) is 0 Å². The quantitative estimate of drug-likeness (QED) is 0.456. The fourth-order valence-electron chi connectivity index (χ4n) is 3.78. The van der Waals surface area contributed by atoms with Gasteiger partial charge in [0.1, 0.15) is 12.6 Å². The molecule has 2 aliphatic rings. The van der Waals surface area contributed by atoms with E-state index in [-0.39, 0.29) is 29.0 Å². The van der Waals surface area contributed by atoms with Crippen LogP contribution in [0, 0.1) is 0 Å². The molecule has 10 nitrogen and oxygen atoms in total. The molecule has 0 fully saturated rings. The van der Waals surface area contributed by atoms with Gasteiger partial charge >= 0.3 is 18.0 Å². The summed E-state index contributed by atoms with van der Waals surface area (Å²) in [6.07, 6.45) is 0. The minimum Gasteiger partial charge on any atom is -0.463 e. The Morgan fingerprint density at radius 3 is 2.32 bits per heavy atom. The molecule has 3 heterocycles. The Bertz CT molecular complexity index is 1170. The van der Waals surface area contributed by atoms with Crippen LogP contribution in [0.5, 0.6) is 0 Å². The predicted octanol–water partition coefficient (Wildman–Crippen LogP) is 2.15. The van der Waals surface area contributed by atoms with Crippen molar-refractivity contribution in [1.82, 2.24) is 15.5 Å². The lowest BCUT2D eigenvalue weighted by molar-refractivity contribution is -0.147. The fraction of sp³-hybridized carbons (Fsp3) is 0.261. The Kier molecular flexibility index (Phi) is 6.46. The molecule has 0 saturated carbocycles. The molecule has 0 saturated heterocycles. The van der Waals surface area contributed by atoms with Crippen molar-refractivity contribution in [3.05, 3.63) is 69.1 Å². The van der Waals surface area contributed by atoms with E-state index in [1.807, 2.05) is 0 Å². The summed E-state index contributed by atoms with van der Waals surface area (Å²) in [6, 6.07) is 7.24. The van der Waals surface area contributed by atoms with E-state index < -0.39 is 48.5 Å². The summed E-state index contributed by atoms with van der Waals surface area (Å²) < 4.78 is 10.5. The van der Waals surface area contributed by atoms with Crippen LogP contribution in [0.15, 0.2) is 53.0 Å². The molecule has 0 spiro atoms. The number of hydrogen-bond acceptors (Lipinski definition) is 8. The maximum absolute atomic E-state index is 12.8. The third-order valence-electron chi connectivity index (χ3n) is 5.39. The Morgan fingerprint density at radius 1 is 1.06 bits per heavy atom. The first-order valence-corrected chi connectivity index (χ1v) is 11.4. The van der Waals surface area contributed by atoms with E-state index >= 15 is 0 Å². The highest BCUT2D eigenvalue weighted by Gasteiger charge is 2.41. The molecule has 0 unspecified atom stereocenters. The van der Waals surface area contributed by atoms with Gasteiger partial charge in [-0.25, -0.2) is 14.4 Å². The summed E-state index contributed by atoms with van der Waals surface area (Å²) in [5.74, 6) is -2.73. The molecule has 2 N–H and O–H groups in total. The highest BCUT2D eigenvalue weighted by Crippen LogP contribution is 2.31. The van der Waals surface area contributed by atoms with Gasteiger partial charge in [-0.2, -0.15) is 0 Å². The Balaban J connectivity index is 1.55. The number of benzene rings is 1. The van der Waals surface area contributed by atoms with Gasteiger partial charge in [0.05, 0.1) is 35.0 Å². The van der Waals surface area contributed by atoms with Crippen LogP contribution in [0.1, 0.15) is 45.5 Å². The summed E-state index contributed by atoms with van der Waals surface area (Å²) >= 11 is 1.34. The molecule has 2 aromatic rings. The highest BCUT2D eigenvalue weighted by molar-refractivity contribution is 7.10. The summed E-state index contributed by atoms with van der Waals surface area (Å²) in [7, 11) is 0. The largest absolute Gasteiger partial charge is 0.463 e. The summed E-state index contributed by atoms with van der Waals surface area (Å²) in [5.41, 5.74) is 0.585. The van der Waals surface area contributed by atoms with E-state index in [4.69, 9.17) is 9.47 Å². The molecular weight excluding hydrogens is 462 g/mol. The van der Waals surface area contributed by atoms with Crippen LogP contribution in [0.2, 0.25) is 0 Å². The third kappa shape index (κ3) is 4.17. The fourth-order valence-corrected chi connectivity index (χ4v) is 4.56. The standard InChI is InChI=1S/C23H21N3O7S/c1-3-32-22(30)17-15(24-23(31)25-18(17)16-9-6-10-34-16)11-33-21(29)12(2)26-19(27)13-7-4-5-8-14(13)20(26)28/h4-10,12,18H,3,11H2,1-2H3,(H2,24,25,31)/t12-,18+/m1/s1. The zero-order valence-corrected chi connectivity index (χ0v) is 19.1. The van der Waals surface area contributed by atoms with Crippen molar-refractivity contribution >= 4 is 41.1 Å². The molecule has 2 atom stereocenters. The van der Waals surface area contributed by atoms with E-state index in [0.29, 0.717) is 4.88 Å². The zero-order valence-electron chi connectivity index (χ0n) is 18.3. The number of hydrogen-bond donors (Lipinski definition) is 2. The van der Waals surface area contributed by atoms with Gasteiger partial charge in [-0.15, -0.1) is 11.3 Å². The number of ether oxygens (including phenoxy) is 2. The lowest BCUT2D eigenvalue weighted by atomic mass is 10.0. The number of carbonyl (C=O) groups excluding carboxylic acids is 5. The van der Waals surface area contributed by atoms with Crippen LogP contribution in [0.25, 0.3) is 0 Å². The van der Waals surface area contributed by atoms with Gasteiger partial charge in [-0.3, -0.25) is 14.5 Å². The topological polar surface area (TPSA) is 131 Å². The number of esters is 2. The molecule has 11 heteroatoms. The van der Waals surface area contributed by atoms with Crippen LogP contribution < -0.4 is 10.6 Å². The van der Waals surface area contributed by atoms with E-state index in [1.54, 1.807) is 36.6 Å². The highest BCUT2D eigenvalue weighted by atomic mass is 32.1. The average molecular weight is 484 g/mol. The smallest absolute Gasteiger partial charge is 0.338 e. The lowest BCUT2D eigenvalue weighted by Gasteiger charge is -2.28. The van der Waals surface area contributed by atoms with Gasteiger partial charge in [0, 0.05) is 4.88 Å². The second kappa shape index (κ2) is 9.48. The third-order valence-corrected chi connectivity index (χ3v) is 6.33. The molecule has 1 aromatic heterocycles. The number of thiophene rings is 1. The first kappa shape index (κ1) is 23.2. The van der Waals surface area contributed by atoms with Crippen molar-refractivity contribution in [2.24, 2.45) is 0 Å². The van der Waals surface area contributed by atoms with Crippen molar-refractivity contribution in [2.75, 3.05) is 13.2 Å². The summed E-state index contributed by atoms with van der Waals surface area (Å²) in [6.45, 7) is 2.67. The number of nitrogens with one attached hydrogen (secondary N) is 2. The van der Waals surface area contributed by atoms with Crippen LogP contribution >= 0.6 is 11.3 Å². The number of imide groups is 1. The first-order chi connectivity index (χ1) is 16.3. The monoisotopic (exact) mass is 483 g/mol. The van der Waals surface area contributed by atoms with Crippen molar-refractivity contribution in [3.63, 3.8) is 0 Å². The summed E-state index contributed by atoms with van der Waals surface area (Å²) in [5, 5.41) is 6.98. The van der Waals surface area contributed by atoms with Crippen LogP contribution in [-0.4, -0.2) is 53.9 Å². The average Bonchev–Trinajstić information content (AvgIpc) is 3.44. The molecule has 0 aliphatic carbocycles. The van der Waals surface area contributed by atoms with Crippen LogP contribution in [0.3, 0.4) is 0 Å². The number of nitrogens with zero attached hydrogens (tertiary/aromatic N) is 1. The van der Waals surface area contributed by atoms with Crippen molar-refractivity contribution in [1.29, 1.82) is 0 Å². The van der Waals surface area contributed by atoms with E-state index in [9.17, 15) is 24.0 Å². The molecule has 0 bridgehead atoms. The van der Waals surface area contributed by atoms with E-state index in [2.05, 4.69) is 10.6 Å². The number of urea groups is 1. The molecule has 176 valence electrons. The molecule has 2 aliphatic heterocycles. The zero-order chi connectivity index (χ0) is 24.4. The van der Waals surface area contributed by atoms with Gasteiger partial charge in [-0.1, -0.05) is 18.2 Å². The van der Waals surface area contributed by atoms with Gasteiger partial charge < -0.3 is 20.1 Å². The lowest BCUT2D eigenvalue weighted by Crippen LogP contribution is -2.48. The molecule has 0 radical (unpaired) electrons. The minimum absolute atomic E-state index is 0.0588. The SMILES string of the molecule is CCOC(=O)C1=C(COC(=O)[C@@H](C)N2C(=O)c3ccccc3C2=O)NC(=O)N[C@H]1c1cccs1. The molecule has 34 heavy (non-hydrogen) atoms. The van der Waals surface area contributed by atoms with E-state index in [0.717, 1.165) is 4.90 Å². The van der Waals surface area contributed by atoms with Crippen molar-refractivity contribution < 1.29 is 33.4 Å². The van der Waals surface area contributed by atoms with Crippen LogP contribution in [0.4, 0.5) is 4.79 Å². The number of amides is 4. The van der Waals surface area contributed by atoms with Crippen molar-refractivity contribution in [3.8, 4) is 0 Å². The molecule has 1 aromatic carbocycles. The minimum atomic E-state index is -1.22. The van der Waals surface area contributed by atoms with Crippen LogP contribution in [-0.2, 0) is 19.1 Å². The van der Waals surface area contributed by atoms with Gasteiger partial charge in [0.25, 0.3) is 11.8 Å². The predicted molar refractivity (Wildman–Crippen MR) is 120 cm³/mol. The second-order valence-corrected chi connectivity index (χ2v) is 8.45. The number of carbonyl (C=O) groups is 5. The second-order valence-electron chi connectivity index (χ2n) is 7.47. The summed E-state index contributed by atoms with van der Waals surface area (Å²) in [4.78, 5) is 64.6. The van der Waals surface area contributed by atoms with Gasteiger partial charge in [-0.05, 0) is 37.4 Å². The molecular formula is C23H21N3O7S.